The molecule has 82 valence electrons. The van der Waals surface area contributed by atoms with E-state index in [1.54, 1.807) is 0 Å². The third kappa shape index (κ3) is 2.38. The van der Waals surface area contributed by atoms with Gasteiger partial charge in [0.1, 0.15) is 0 Å². The Balaban J connectivity index is 3.28. The fourth-order valence-corrected chi connectivity index (χ4v) is 1.05. The molecule has 1 rings (SSSR count). The summed E-state index contributed by atoms with van der Waals surface area (Å²) in [6, 6.07) is 2.50. The van der Waals surface area contributed by atoms with E-state index in [4.69, 9.17) is 11.6 Å². The Morgan fingerprint density at radius 1 is 1.33 bits per heavy atom. The summed E-state index contributed by atoms with van der Waals surface area (Å²) >= 11 is 0. The lowest BCUT2D eigenvalue weighted by molar-refractivity contribution is -0.137. The molecule has 7 heteroatoms. The molecular formula is C8H8F3N3O. The molecule has 0 heterocycles. The average Bonchev–Trinajstić information content (AvgIpc) is 2.15. The fourth-order valence-electron chi connectivity index (χ4n) is 1.05. The number of carbonyl (C=O) groups is 1. The summed E-state index contributed by atoms with van der Waals surface area (Å²) in [6.45, 7) is 0. The predicted octanol–water partition coefficient (Wildman–Crippen LogP) is 1.09. The maximum atomic E-state index is 12.3. The maximum absolute atomic E-state index is 12.3. The quantitative estimate of drug-likeness (QED) is 0.514. The van der Waals surface area contributed by atoms with Gasteiger partial charge in [-0.1, -0.05) is 0 Å². The van der Waals surface area contributed by atoms with Crippen LogP contribution in [0, 0.1) is 0 Å². The van der Waals surface area contributed by atoms with Crippen molar-refractivity contribution in [2.75, 3.05) is 5.43 Å². The maximum Gasteiger partial charge on any atom is 0.416 e. The first-order chi connectivity index (χ1) is 6.86. The molecule has 4 nitrogen and oxygen atoms in total. The summed E-state index contributed by atoms with van der Waals surface area (Å²) in [7, 11) is 0. The Kier molecular flexibility index (Phi) is 2.85. The van der Waals surface area contributed by atoms with Crippen LogP contribution in [0.5, 0.6) is 0 Å². The zero-order valence-electron chi connectivity index (χ0n) is 7.43. The number of anilines is 1. The summed E-state index contributed by atoms with van der Waals surface area (Å²) in [5.41, 5.74) is 5.79. The number of hydrazine groups is 1. The molecule has 0 unspecified atom stereocenters. The summed E-state index contributed by atoms with van der Waals surface area (Å²) in [4.78, 5) is 10.8. The molecule has 0 fully saturated rings. The van der Waals surface area contributed by atoms with E-state index >= 15 is 0 Å². The first kappa shape index (κ1) is 11.3. The number of nitrogens with one attached hydrogen (secondary N) is 1. The summed E-state index contributed by atoms with van der Waals surface area (Å²) in [5.74, 6) is 4.03. The Hall–Kier alpha value is -1.76. The van der Waals surface area contributed by atoms with Gasteiger partial charge in [-0.2, -0.15) is 13.2 Å². The van der Waals surface area contributed by atoms with Crippen LogP contribution in [0.25, 0.3) is 0 Å². The Bertz CT molecular complexity index is 389. The number of carbonyl (C=O) groups excluding carboxylic acids is 1. The summed E-state index contributed by atoms with van der Waals surface area (Å²) in [5, 5.41) is 0. The van der Waals surface area contributed by atoms with Crippen LogP contribution in [-0.4, -0.2) is 5.91 Å². The van der Waals surface area contributed by atoms with Crippen LogP contribution in [0.4, 0.5) is 18.9 Å². The molecule has 5 N–H and O–H groups in total. The van der Waals surface area contributed by atoms with E-state index in [0.29, 0.717) is 6.07 Å². The molecule has 0 spiro atoms. The average molecular weight is 219 g/mol. The molecule has 0 bridgehead atoms. The van der Waals surface area contributed by atoms with Crippen molar-refractivity contribution >= 4 is 11.6 Å². The Morgan fingerprint density at radius 2 is 1.93 bits per heavy atom. The molecule has 1 aromatic rings. The normalized spacial score (nSPS) is 11.2. The van der Waals surface area contributed by atoms with Gasteiger partial charge in [-0.3, -0.25) is 10.6 Å². The van der Waals surface area contributed by atoms with E-state index in [0.717, 1.165) is 12.1 Å². The van der Waals surface area contributed by atoms with E-state index in [1.165, 1.54) is 0 Å². The van der Waals surface area contributed by atoms with E-state index in [9.17, 15) is 18.0 Å². The van der Waals surface area contributed by atoms with Gasteiger partial charge >= 0.3 is 6.18 Å². The summed E-state index contributed by atoms with van der Waals surface area (Å²) < 4.78 is 36.8. The topological polar surface area (TPSA) is 81.1 Å². The number of primary amides is 1. The van der Waals surface area contributed by atoms with Crippen molar-refractivity contribution in [2.45, 2.75) is 6.18 Å². The number of halogens is 3. The highest BCUT2D eigenvalue weighted by molar-refractivity contribution is 5.98. The highest BCUT2D eigenvalue weighted by atomic mass is 19.4. The molecule has 0 aromatic heterocycles. The van der Waals surface area contributed by atoms with Crippen molar-refractivity contribution in [3.8, 4) is 0 Å². The second kappa shape index (κ2) is 3.77. The molecule has 0 atom stereocenters. The third-order valence-corrected chi connectivity index (χ3v) is 1.77. The van der Waals surface area contributed by atoms with E-state index in [1.807, 2.05) is 0 Å². The monoisotopic (exact) mass is 219 g/mol. The minimum absolute atomic E-state index is 0.0514. The SMILES string of the molecule is NNc1ccc(C(F)(F)F)cc1C(N)=O. The molecule has 0 saturated carbocycles. The van der Waals surface area contributed by atoms with Crippen LogP contribution >= 0.6 is 0 Å². The van der Waals surface area contributed by atoms with Crippen LogP contribution < -0.4 is 17.0 Å². The van der Waals surface area contributed by atoms with E-state index in [-0.39, 0.29) is 11.3 Å². The van der Waals surface area contributed by atoms with Crippen LogP contribution in [-0.2, 0) is 6.18 Å². The molecule has 15 heavy (non-hydrogen) atoms. The smallest absolute Gasteiger partial charge is 0.366 e. The molecule has 0 aliphatic carbocycles. The minimum atomic E-state index is -4.52. The van der Waals surface area contributed by atoms with Gasteiger partial charge in [-0.25, -0.2) is 0 Å². The molecule has 1 aromatic carbocycles. The highest BCUT2D eigenvalue weighted by Crippen LogP contribution is 2.31. The lowest BCUT2D eigenvalue weighted by Gasteiger charge is -2.10. The van der Waals surface area contributed by atoms with Crippen molar-refractivity contribution in [1.29, 1.82) is 0 Å². The molecule has 0 aliphatic rings. The zero-order chi connectivity index (χ0) is 11.6. The molecule has 0 aliphatic heterocycles. The number of nitrogen functional groups attached to an aromatic ring is 1. The third-order valence-electron chi connectivity index (χ3n) is 1.77. The molecule has 1 amide bonds. The minimum Gasteiger partial charge on any atom is -0.366 e. The number of hydrogen-bond donors (Lipinski definition) is 3. The Morgan fingerprint density at radius 3 is 2.33 bits per heavy atom. The number of benzene rings is 1. The lowest BCUT2D eigenvalue weighted by atomic mass is 10.1. The van der Waals surface area contributed by atoms with E-state index in [2.05, 4.69) is 5.43 Å². The van der Waals surface area contributed by atoms with E-state index < -0.39 is 17.6 Å². The first-order valence-corrected chi connectivity index (χ1v) is 3.84. The number of alkyl halides is 3. The number of nitrogens with two attached hydrogens (primary N) is 2. The fraction of sp³-hybridized carbons (Fsp3) is 0.125. The zero-order valence-corrected chi connectivity index (χ0v) is 7.43. The molecule has 0 radical (unpaired) electrons. The van der Waals surface area contributed by atoms with Gasteiger partial charge in [0, 0.05) is 0 Å². The van der Waals surface area contributed by atoms with Crippen LogP contribution in [0.15, 0.2) is 18.2 Å². The largest absolute Gasteiger partial charge is 0.416 e. The van der Waals surface area contributed by atoms with Crippen LogP contribution in [0.3, 0.4) is 0 Å². The van der Waals surface area contributed by atoms with Gasteiger partial charge in [0.05, 0.1) is 16.8 Å². The van der Waals surface area contributed by atoms with Gasteiger partial charge in [0.2, 0.25) is 0 Å². The number of hydrogen-bond acceptors (Lipinski definition) is 3. The van der Waals surface area contributed by atoms with Crippen LogP contribution in [0.1, 0.15) is 15.9 Å². The summed E-state index contributed by atoms with van der Waals surface area (Å²) in [6.07, 6.45) is -4.52. The van der Waals surface area contributed by atoms with Crippen molar-refractivity contribution in [3.05, 3.63) is 29.3 Å². The van der Waals surface area contributed by atoms with Gasteiger partial charge in [-0.05, 0) is 18.2 Å². The second-order valence-corrected chi connectivity index (χ2v) is 2.77. The molecular weight excluding hydrogens is 211 g/mol. The van der Waals surface area contributed by atoms with Gasteiger partial charge in [-0.15, -0.1) is 0 Å². The Labute approximate surface area is 83.0 Å². The lowest BCUT2D eigenvalue weighted by Crippen LogP contribution is -2.18. The first-order valence-electron chi connectivity index (χ1n) is 3.84. The molecule has 0 saturated heterocycles. The van der Waals surface area contributed by atoms with Gasteiger partial charge in [0.25, 0.3) is 5.91 Å². The van der Waals surface area contributed by atoms with Gasteiger partial charge < -0.3 is 11.2 Å². The van der Waals surface area contributed by atoms with Crippen molar-refractivity contribution in [2.24, 2.45) is 11.6 Å². The number of amides is 1. The van der Waals surface area contributed by atoms with Crippen molar-refractivity contribution in [1.82, 2.24) is 0 Å². The van der Waals surface area contributed by atoms with Crippen molar-refractivity contribution in [3.63, 3.8) is 0 Å². The second-order valence-electron chi connectivity index (χ2n) is 2.77. The number of rotatable bonds is 2. The highest BCUT2D eigenvalue weighted by Gasteiger charge is 2.31. The van der Waals surface area contributed by atoms with Crippen LogP contribution in [0.2, 0.25) is 0 Å². The van der Waals surface area contributed by atoms with Crippen molar-refractivity contribution < 1.29 is 18.0 Å². The predicted molar refractivity (Wildman–Crippen MR) is 47.8 cm³/mol. The van der Waals surface area contributed by atoms with Gasteiger partial charge in [0.15, 0.2) is 0 Å². The standard InChI is InChI=1S/C8H8F3N3O/c9-8(10,11)4-1-2-6(14-13)5(3-4)7(12)15/h1-3,14H,13H2,(H2,12,15).